The summed E-state index contributed by atoms with van der Waals surface area (Å²) in [6, 6.07) is 6.12. The molecule has 1 amide bonds. The van der Waals surface area contributed by atoms with Crippen LogP contribution in [0.4, 0.5) is 5.69 Å². The molecule has 0 heterocycles. The van der Waals surface area contributed by atoms with Crippen molar-refractivity contribution in [3.8, 4) is 16.9 Å². The molecule has 0 aliphatic heterocycles. The highest BCUT2D eigenvalue weighted by molar-refractivity contribution is 6.24. The molecule has 0 radical (unpaired) electrons. The Morgan fingerprint density at radius 3 is 2.46 bits per heavy atom. The first-order chi connectivity index (χ1) is 19.2. The number of nitro benzene ring substituents is 1. The number of hydrogen-bond acceptors (Lipinski definition) is 11. The third kappa shape index (κ3) is 3.84. The van der Waals surface area contributed by atoms with Crippen LogP contribution in [-0.2, 0) is 27.3 Å². The fourth-order valence-electron chi connectivity index (χ4n) is 6.57. The van der Waals surface area contributed by atoms with Gasteiger partial charge in [0.15, 0.2) is 11.4 Å². The molecule has 0 spiro atoms. The molecule has 8 N–H and O–H groups in total. The standard InChI is InChI=1S/C28H28N4O9/c1-31(2)21-17-9-12-7-16-15(11-4-3-5-14(6-11)32(40)41)8-13(10-29)22(33)19(16)23(34)18(12)25(36)28(17,39)26(37)20(24(21)35)27(30)38/h3-6,8,12,17,21,33-34,37,39H,7,9-10,29H2,1-2H3,(H2,30,38)/t12-,17-,21+,28+/m0/s1. The van der Waals surface area contributed by atoms with Crippen LogP contribution in [0.25, 0.3) is 16.9 Å². The lowest BCUT2D eigenvalue weighted by Gasteiger charge is -2.50. The van der Waals surface area contributed by atoms with Crippen LogP contribution < -0.4 is 11.5 Å². The minimum Gasteiger partial charge on any atom is -0.508 e. The number of nitro groups is 1. The van der Waals surface area contributed by atoms with Gasteiger partial charge in [0.05, 0.1) is 16.5 Å². The number of primary amides is 1. The van der Waals surface area contributed by atoms with Gasteiger partial charge in [-0.25, -0.2) is 0 Å². The van der Waals surface area contributed by atoms with E-state index in [-0.39, 0.29) is 41.8 Å². The fourth-order valence-corrected chi connectivity index (χ4v) is 6.57. The van der Waals surface area contributed by atoms with Crippen LogP contribution in [-0.4, -0.2) is 73.5 Å². The molecule has 2 aromatic carbocycles. The molecule has 0 unspecified atom stereocenters. The molecule has 5 rings (SSSR count). The van der Waals surface area contributed by atoms with Crippen molar-refractivity contribution in [3.63, 3.8) is 0 Å². The molecule has 4 atom stereocenters. The number of phenols is 1. The number of hydrogen-bond donors (Lipinski definition) is 6. The van der Waals surface area contributed by atoms with Crippen molar-refractivity contribution in [1.82, 2.24) is 4.90 Å². The summed E-state index contributed by atoms with van der Waals surface area (Å²) in [5, 5.41) is 56.7. The summed E-state index contributed by atoms with van der Waals surface area (Å²) in [5.41, 5.74) is 8.33. The minimum absolute atomic E-state index is 0.0327. The Morgan fingerprint density at radius 2 is 1.88 bits per heavy atom. The molecular formula is C28H28N4O9. The number of non-ortho nitro benzene ring substituents is 1. The first-order valence-corrected chi connectivity index (χ1v) is 12.7. The van der Waals surface area contributed by atoms with Crippen LogP contribution in [0, 0.1) is 22.0 Å². The zero-order chi connectivity index (χ0) is 30.1. The lowest BCUT2D eigenvalue weighted by atomic mass is 9.57. The minimum atomic E-state index is -2.76. The number of carbonyl (C=O) groups excluding carboxylic acids is 3. The average molecular weight is 565 g/mol. The predicted molar refractivity (Wildman–Crippen MR) is 144 cm³/mol. The first-order valence-electron chi connectivity index (χ1n) is 12.7. The number of Topliss-reactive ketones (excluding diaryl/α,β-unsaturated/α-hetero) is 2. The predicted octanol–water partition coefficient (Wildman–Crippen LogP) is 0.998. The number of aliphatic hydroxyl groups is 3. The molecule has 0 aromatic heterocycles. The molecule has 3 aliphatic rings. The topological polar surface area (TPSA) is 231 Å². The van der Waals surface area contributed by atoms with Gasteiger partial charge in [0.2, 0.25) is 5.78 Å². The molecular weight excluding hydrogens is 536 g/mol. The van der Waals surface area contributed by atoms with Crippen LogP contribution in [0.15, 0.2) is 47.2 Å². The van der Waals surface area contributed by atoms with E-state index in [0.717, 1.165) is 0 Å². The summed E-state index contributed by atoms with van der Waals surface area (Å²) >= 11 is 0. The number of nitrogens with two attached hydrogens (primary N) is 2. The number of likely N-dealkylation sites (N-methyl/N-ethyl adjacent to an activating group) is 1. The zero-order valence-corrected chi connectivity index (χ0v) is 22.1. The normalized spacial score (nSPS) is 25.6. The summed E-state index contributed by atoms with van der Waals surface area (Å²) in [4.78, 5) is 51.7. The molecule has 0 bridgehead atoms. The van der Waals surface area contributed by atoms with Crippen LogP contribution in [0.3, 0.4) is 0 Å². The van der Waals surface area contributed by atoms with Crippen LogP contribution in [0.1, 0.15) is 23.1 Å². The highest BCUT2D eigenvalue weighted by Crippen LogP contribution is 2.54. The van der Waals surface area contributed by atoms with Crippen molar-refractivity contribution >= 4 is 28.9 Å². The Bertz CT molecular complexity index is 1630. The van der Waals surface area contributed by atoms with Gasteiger partial charge in [-0.15, -0.1) is 0 Å². The Labute approximate surface area is 233 Å². The average Bonchev–Trinajstić information content (AvgIpc) is 2.90. The monoisotopic (exact) mass is 564 g/mol. The smallest absolute Gasteiger partial charge is 0.270 e. The van der Waals surface area contributed by atoms with Gasteiger partial charge in [-0.1, -0.05) is 12.1 Å². The third-order valence-corrected chi connectivity index (χ3v) is 8.39. The van der Waals surface area contributed by atoms with E-state index in [9.17, 15) is 44.9 Å². The van der Waals surface area contributed by atoms with Crippen LogP contribution >= 0.6 is 0 Å². The van der Waals surface area contributed by atoms with Crippen molar-refractivity contribution < 1.29 is 39.7 Å². The van der Waals surface area contributed by atoms with Crippen molar-refractivity contribution in [2.24, 2.45) is 23.3 Å². The van der Waals surface area contributed by atoms with Crippen molar-refractivity contribution in [2.75, 3.05) is 14.1 Å². The van der Waals surface area contributed by atoms with E-state index in [0.29, 0.717) is 16.7 Å². The number of ketones is 2. The van der Waals surface area contributed by atoms with Gasteiger partial charge in [-0.05, 0) is 55.6 Å². The quantitative estimate of drug-likeness (QED) is 0.170. The Kier molecular flexibility index (Phi) is 6.48. The SMILES string of the molecule is CN(C)[C@H]1C(=O)C(C(N)=O)=C(O)[C@]2(O)C(=O)C3=C(O)c4c(O)c(CN)cc(-c5cccc([N+](=O)[O-])c5)c4C[C@H]3C[C@@H]12. The van der Waals surface area contributed by atoms with E-state index in [2.05, 4.69) is 0 Å². The van der Waals surface area contributed by atoms with E-state index in [4.69, 9.17) is 11.5 Å². The second kappa shape index (κ2) is 9.51. The summed E-state index contributed by atoms with van der Waals surface area (Å²) < 4.78 is 0. The van der Waals surface area contributed by atoms with E-state index in [1.807, 2.05) is 0 Å². The van der Waals surface area contributed by atoms with Gasteiger partial charge in [-0.3, -0.25) is 29.4 Å². The summed E-state index contributed by atoms with van der Waals surface area (Å²) in [7, 11) is 3.03. The largest absolute Gasteiger partial charge is 0.508 e. The zero-order valence-electron chi connectivity index (χ0n) is 22.1. The number of amides is 1. The Hall–Kier alpha value is -4.59. The summed E-state index contributed by atoms with van der Waals surface area (Å²) in [5.74, 6) is -7.57. The van der Waals surface area contributed by atoms with Gasteiger partial charge in [0, 0.05) is 35.7 Å². The van der Waals surface area contributed by atoms with Gasteiger partial charge >= 0.3 is 0 Å². The Balaban J connectivity index is 1.78. The highest BCUT2D eigenvalue weighted by Gasteiger charge is 2.64. The van der Waals surface area contributed by atoms with Crippen molar-refractivity contribution in [3.05, 3.63) is 74.0 Å². The first kappa shape index (κ1) is 28.0. The molecule has 13 heteroatoms. The number of aliphatic hydroxyl groups excluding tert-OH is 2. The maximum absolute atomic E-state index is 14.0. The van der Waals surface area contributed by atoms with E-state index >= 15 is 0 Å². The molecule has 1 saturated carbocycles. The number of benzene rings is 2. The maximum atomic E-state index is 14.0. The lowest BCUT2D eigenvalue weighted by molar-refractivity contribution is -0.384. The summed E-state index contributed by atoms with van der Waals surface area (Å²) in [6.07, 6.45) is -0.0511. The molecule has 3 aliphatic carbocycles. The number of nitrogens with zero attached hydrogens (tertiary/aromatic N) is 2. The van der Waals surface area contributed by atoms with Gasteiger partial charge in [0.25, 0.3) is 11.6 Å². The molecule has 13 nitrogen and oxygen atoms in total. The van der Waals surface area contributed by atoms with Crippen LogP contribution in [0.2, 0.25) is 0 Å². The van der Waals surface area contributed by atoms with Gasteiger partial charge < -0.3 is 31.9 Å². The molecule has 41 heavy (non-hydrogen) atoms. The van der Waals surface area contributed by atoms with E-state index < -0.39 is 68.7 Å². The van der Waals surface area contributed by atoms with Gasteiger partial charge in [0.1, 0.15) is 22.8 Å². The third-order valence-electron chi connectivity index (χ3n) is 8.39. The van der Waals surface area contributed by atoms with Gasteiger partial charge in [-0.2, -0.15) is 0 Å². The number of aromatic hydroxyl groups is 1. The Morgan fingerprint density at radius 1 is 1.20 bits per heavy atom. The maximum Gasteiger partial charge on any atom is 0.270 e. The molecule has 214 valence electrons. The number of phenolic OH excluding ortho intramolecular Hbond substituents is 1. The summed E-state index contributed by atoms with van der Waals surface area (Å²) in [6.45, 7) is -0.175. The number of rotatable bonds is 5. The lowest BCUT2D eigenvalue weighted by Crippen LogP contribution is -2.65. The second-order valence-electron chi connectivity index (χ2n) is 10.8. The number of fused-ring (bicyclic) bond motifs is 3. The van der Waals surface area contributed by atoms with Crippen LogP contribution in [0.5, 0.6) is 5.75 Å². The highest BCUT2D eigenvalue weighted by atomic mass is 16.6. The fraction of sp³-hybridized carbons (Fsp3) is 0.321. The number of carbonyl (C=O) groups is 3. The van der Waals surface area contributed by atoms with E-state index in [1.54, 1.807) is 12.1 Å². The second-order valence-corrected chi connectivity index (χ2v) is 10.8. The van der Waals surface area contributed by atoms with Crippen molar-refractivity contribution in [1.29, 1.82) is 0 Å². The molecule has 0 saturated heterocycles. The molecule has 1 fully saturated rings. The van der Waals surface area contributed by atoms with E-state index in [1.165, 1.54) is 37.2 Å². The van der Waals surface area contributed by atoms with Crippen molar-refractivity contribution in [2.45, 2.75) is 31.0 Å². The molecule has 2 aromatic rings.